The minimum atomic E-state index is -0.277. The van der Waals surface area contributed by atoms with Gasteiger partial charge in [0.1, 0.15) is 11.6 Å². The summed E-state index contributed by atoms with van der Waals surface area (Å²) in [4.78, 5) is 4.11. The van der Waals surface area contributed by atoms with E-state index in [0.29, 0.717) is 10.8 Å². The molecule has 0 saturated heterocycles. The van der Waals surface area contributed by atoms with E-state index in [-0.39, 0.29) is 5.82 Å². The molecule has 5 heteroatoms. The zero-order valence-electron chi connectivity index (χ0n) is 8.05. The number of pyridine rings is 1. The molecule has 2 rings (SSSR count). The summed E-state index contributed by atoms with van der Waals surface area (Å²) in [7, 11) is 0. The second-order valence-corrected chi connectivity index (χ2v) is 4.44. The highest BCUT2D eigenvalue weighted by Crippen LogP contribution is 2.25. The molecule has 0 bridgehead atoms. The van der Waals surface area contributed by atoms with Crippen molar-refractivity contribution < 1.29 is 4.39 Å². The van der Waals surface area contributed by atoms with Gasteiger partial charge in [0.15, 0.2) is 0 Å². The lowest BCUT2D eigenvalue weighted by atomic mass is 10.3. The number of hydrogen-bond acceptors (Lipinski definition) is 2. The minimum absolute atomic E-state index is 0.277. The molecule has 0 aliphatic heterocycles. The van der Waals surface area contributed by atoms with Crippen molar-refractivity contribution in [3.05, 3.63) is 51.8 Å². The average Bonchev–Trinajstić information content (AvgIpc) is 2.25. The Bertz CT molecular complexity index is 502. The van der Waals surface area contributed by atoms with Gasteiger partial charge in [-0.05, 0) is 46.3 Å². The van der Waals surface area contributed by atoms with Crippen LogP contribution in [0.25, 0.3) is 0 Å². The average molecular weight is 302 g/mol. The number of anilines is 2. The second-order valence-electron chi connectivity index (χ2n) is 3.12. The highest BCUT2D eigenvalue weighted by atomic mass is 79.9. The second kappa shape index (κ2) is 4.80. The molecule has 2 aromatic rings. The van der Waals surface area contributed by atoms with E-state index in [1.807, 2.05) is 0 Å². The third-order valence-corrected chi connectivity index (χ3v) is 2.64. The molecule has 0 spiro atoms. The summed E-state index contributed by atoms with van der Waals surface area (Å²) in [6, 6.07) is 7.72. The van der Waals surface area contributed by atoms with Gasteiger partial charge in [-0.1, -0.05) is 11.6 Å². The minimum Gasteiger partial charge on any atom is -0.339 e. The van der Waals surface area contributed by atoms with Gasteiger partial charge in [-0.3, -0.25) is 0 Å². The molecule has 1 aromatic heterocycles. The number of halogens is 3. The number of nitrogens with one attached hydrogen (secondary N) is 1. The van der Waals surface area contributed by atoms with E-state index in [2.05, 4.69) is 26.2 Å². The topological polar surface area (TPSA) is 24.9 Å². The van der Waals surface area contributed by atoms with Crippen LogP contribution in [0.4, 0.5) is 15.9 Å². The van der Waals surface area contributed by atoms with E-state index in [0.717, 1.165) is 10.2 Å². The Morgan fingerprint density at radius 3 is 2.56 bits per heavy atom. The third-order valence-electron chi connectivity index (χ3n) is 1.91. The fraction of sp³-hybridized carbons (Fsp3) is 0. The molecule has 0 aliphatic carbocycles. The first-order chi connectivity index (χ1) is 7.65. The number of aromatic nitrogens is 1. The summed E-state index contributed by atoms with van der Waals surface area (Å²) in [5.41, 5.74) is 0.734. The smallest absolute Gasteiger partial charge is 0.149 e. The molecule has 16 heavy (non-hydrogen) atoms. The van der Waals surface area contributed by atoms with E-state index in [1.165, 1.54) is 12.1 Å². The van der Waals surface area contributed by atoms with Crippen molar-refractivity contribution in [2.24, 2.45) is 0 Å². The molecule has 0 unspecified atom stereocenters. The summed E-state index contributed by atoms with van der Waals surface area (Å²) in [6.07, 6.45) is 1.64. The molecular formula is C11H7BrClFN2. The first-order valence-electron chi connectivity index (χ1n) is 4.49. The molecule has 1 heterocycles. The van der Waals surface area contributed by atoms with Crippen LogP contribution in [-0.2, 0) is 0 Å². The van der Waals surface area contributed by atoms with Crippen LogP contribution in [0.1, 0.15) is 0 Å². The van der Waals surface area contributed by atoms with Crippen molar-refractivity contribution in [1.82, 2.24) is 4.98 Å². The van der Waals surface area contributed by atoms with E-state index in [9.17, 15) is 4.39 Å². The molecular weight excluding hydrogens is 294 g/mol. The van der Waals surface area contributed by atoms with Crippen LogP contribution < -0.4 is 5.32 Å². The SMILES string of the molecule is Fc1ccc(Nc2ncc(Br)cc2Cl)cc1. The van der Waals surface area contributed by atoms with Crippen LogP contribution in [0.5, 0.6) is 0 Å². The van der Waals surface area contributed by atoms with Crippen molar-refractivity contribution in [3.8, 4) is 0 Å². The maximum atomic E-state index is 12.7. The highest BCUT2D eigenvalue weighted by Gasteiger charge is 2.02. The predicted molar refractivity (Wildman–Crippen MR) is 66.6 cm³/mol. The lowest BCUT2D eigenvalue weighted by Gasteiger charge is -2.07. The molecule has 1 aromatic carbocycles. The van der Waals surface area contributed by atoms with Gasteiger partial charge in [-0.25, -0.2) is 9.37 Å². The van der Waals surface area contributed by atoms with E-state index in [1.54, 1.807) is 24.4 Å². The van der Waals surface area contributed by atoms with Gasteiger partial charge in [0.05, 0.1) is 5.02 Å². The fourth-order valence-corrected chi connectivity index (χ4v) is 1.85. The van der Waals surface area contributed by atoms with Gasteiger partial charge in [0.2, 0.25) is 0 Å². The Hall–Kier alpha value is -1.13. The fourth-order valence-electron chi connectivity index (χ4n) is 1.18. The van der Waals surface area contributed by atoms with Crippen LogP contribution in [-0.4, -0.2) is 4.98 Å². The molecule has 0 radical (unpaired) electrons. The van der Waals surface area contributed by atoms with Gasteiger partial charge < -0.3 is 5.32 Å². The normalized spacial score (nSPS) is 10.2. The first-order valence-corrected chi connectivity index (χ1v) is 5.66. The quantitative estimate of drug-likeness (QED) is 0.890. The van der Waals surface area contributed by atoms with Crippen molar-refractivity contribution in [2.75, 3.05) is 5.32 Å². The Balaban J connectivity index is 2.23. The van der Waals surface area contributed by atoms with E-state index < -0.39 is 0 Å². The van der Waals surface area contributed by atoms with Crippen LogP contribution in [0, 0.1) is 5.82 Å². The van der Waals surface area contributed by atoms with Gasteiger partial charge >= 0.3 is 0 Å². The number of hydrogen-bond donors (Lipinski definition) is 1. The molecule has 0 amide bonds. The van der Waals surface area contributed by atoms with Crippen LogP contribution in [0.15, 0.2) is 41.0 Å². The zero-order valence-corrected chi connectivity index (χ0v) is 10.4. The lowest BCUT2D eigenvalue weighted by Crippen LogP contribution is -1.94. The van der Waals surface area contributed by atoms with Gasteiger partial charge in [-0.15, -0.1) is 0 Å². The van der Waals surface area contributed by atoms with E-state index >= 15 is 0 Å². The van der Waals surface area contributed by atoms with Crippen molar-refractivity contribution in [2.45, 2.75) is 0 Å². The van der Waals surface area contributed by atoms with Gasteiger partial charge in [0, 0.05) is 16.4 Å². The zero-order chi connectivity index (χ0) is 11.5. The Kier molecular flexibility index (Phi) is 3.41. The molecule has 2 nitrogen and oxygen atoms in total. The van der Waals surface area contributed by atoms with Crippen LogP contribution in [0.3, 0.4) is 0 Å². The predicted octanol–water partition coefficient (Wildman–Crippen LogP) is 4.38. The molecule has 82 valence electrons. The van der Waals surface area contributed by atoms with Gasteiger partial charge in [0.25, 0.3) is 0 Å². The Labute approximate surface area is 106 Å². The largest absolute Gasteiger partial charge is 0.339 e. The summed E-state index contributed by atoms with van der Waals surface area (Å²) in [5, 5.41) is 3.49. The number of benzene rings is 1. The molecule has 0 saturated carbocycles. The summed E-state index contributed by atoms with van der Waals surface area (Å²) in [6.45, 7) is 0. The van der Waals surface area contributed by atoms with Crippen LogP contribution >= 0.6 is 27.5 Å². The van der Waals surface area contributed by atoms with Crippen LogP contribution in [0.2, 0.25) is 5.02 Å². The molecule has 1 N–H and O–H groups in total. The lowest BCUT2D eigenvalue weighted by molar-refractivity contribution is 0.628. The Morgan fingerprint density at radius 1 is 1.25 bits per heavy atom. The van der Waals surface area contributed by atoms with E-state index in [4.69, 9.17) is 11.6 Å². The summed E-state index contributed by atoms with van der Waals surface area (Å²) >= 11 is 9.25. The molecule has 0 aliphatic rings. The number of rotatable bonds is 2. The maximum Gasteiger partial charge on any atom is 0.149 e. The third kappa shape index (κ3) is 2.71. The summed E-state index contributed by atoms with van der Waals surface area (Å²) < 4.78 is 13.5. The first kappa shape index (κ1) is 11.4. The standard InChI is InChI=1S/C11H7BrClFN2/c12-7-5-10(13)11(15-6-7)16-9-3-1-8(14)2-4-9/h1-6H,(H,15,16). The summed E-state index contributed by atoms with van der Waals surface area (Å²) in [5.74, 6) is 0.261. The van der Waals surface area contributed by atoms with Crippen molar-refractivity contribution in [1.29, 1.82) is 0 Å². The molecule has 0 atom stereocenters. The Morgan fingerprint density at radius 2 is 1.94 bits per heavy atom. The number of nitrogens with zero attached hydrogens (tertiary/aromatic N) is 1. The highest BCUT2D eigenvalue weighted by molar-refractivity contribution is 9.10. The van der Waals surface area contributed by atoms with Gasteiger partial charge in [-0.2, -0.15) is 0 Å². The van der Waals surface area contributed by atoms with Crippen molar-refractivity contribution in [3.63, 3.8) is 0 Å². The monoisotopic (exact) mass is 300 g/mol. The maximum absolute atomic E-state index is 12.7. The van der Waals surface area contributed by atoms with Crippen molar-refractivity contribution >= 4 is 39.0 Å². The molecule has 0 fully saturated rings.